The number of ether oxygens (including phenoxy) is 2. The van der Waals surface area contributed by atoms with Crippen molar-refractivity contribution in [1.29, 1.82) is 0 Å². The van der Waals surface area contributed by atoms with E-state index in [-0.39, 0.29) is 25.8 Å². The van der Waals surface area contributed by atoms with Gasteiger partial charge >= 0.3 is 12.2 Å². The Morgan fingerprint density at radius 1 is 1.39 bits per heavy atom. The molecule has 2 fully saturated rings. The van der Waals surface area contributed by atoms with E-state index in [1.54, 1.807) is 29.2 Å². The van der Waals surface area contributed by atoms with Gasteiger partial charge in [-0.05, 0) is 24.6 Å². The largest absolute Gasteiger partial charge is 0.447 e. The molecule has 2 saturated heterocycles. The minimum atomic E-state index is -0.607. The lowest BCUT2D eigenvalue weighted by Gasteiger charge is -2.21. The molecule has 12 heteroatoms. The van der Waals surface area contributed by atoms with Gasteiger partial charge in [0.25, 0.3) is 0 Å². The maximum absolute atomic E-state index is 14.9. The number of aliphatic hydroxyl groups excluding tert-OH is 1. The predicted octanol–water partition coefficient (Wildman–Crippen LogP) is 0.740. The van der Waals surface area contributed by atoms with Crippen LogP contribution in [0.1, 0.15) is 6.42 Å². The van der Waals surface area contributed by atoms with Crippen molar-refractivity contribution < 1.29 is 28.6 Å². The topological polar surface area (TPSA) is 122 Å². The number of nitrogens with zero attached hydrogens (tertiary/aromatic N) is 5. The number of benzene rings is 1. The Kier molecular flexibility index (Phi) is 6.16. The van der Waals surface area contributed by atoms with Crippen LogP contribution in [0, 0.1) is 5.82 Å². The lowest BCUT2D eigenvalue weighted by atomic mass is 10.2. The molecule has 0 radical (unpaired) electrons. The van der Waals surface area contributed by atoms with Crippen LogP contribution in [0.3, 0.4) is 0 Å². The zero-order valence-corrected chi connectivity index (χ0v) is 16.7. The van der Waals surface area contributed by atoms with Crippen molar-refractivity contribution in [3.8, 4) is 0 Å². The molecule has 0 aliphatic carbocycles. The molecule has 3 heterocycles. The summed E-state index contributed by atoms with van der Waals surface area (Å²) < 4.78 is 26.6. The van der Waals surface area contributed by atoms with Crippen molar-refractivity contribution in [2.24, 2.45) is 0 Å². The molecular weight excluding hydrogens is 411 g/mol. The number of aliphatic hydroxyl groups is 1. The van der Waals surface area contributed by atoms with Crippen LogP contribution in [0.4, 0.5) is 25.4 Å². The fourth-order valence-electron chi connectivity index (χ4n) is 3.73. The van der Waals surface area contributed by atoms with Crippen LogP contribution in [-0.4, -0.2) is 77.3 Å². The van der Waals surface area contributed by atoms with Gasteiger partial charge < -0.3 is 24.8 Å². The van der Waals surface area contributed by atoms with Gasteiger partial charge in [0.15, 0.2) is 0 Å². The summed E-state index contributed by atoms with van der Waals surface area (Å²) in [7, 11) is 0. The summed E-state index contributed by atoms with van der Waals surface area (Å²) >= 11 is 0. The second kappa shape index (κ2) is 9.16. The predicted molar refractivity (Wildman–Crippen MR) is 106 cm³/mol. The Morgan fingerprint density at radius 2 is 2.26 bits per heavy atom. The Balaban J connectivity index is 1.36. The number of cyclic esters (lactones) is 1. The number of carbonyl (C=O) groups excluding carboxylic acids is 2. The Labute approximate surface area is 177 Å². The van der Waals surface area contributed by atoms with Gasteiger partial charge in [-0.15, -0.1) is 5.10 Å². The highest BCUT2D eigenvalue weighted by Crippen LogP contribution is 2.30. The molecule has 11 nitrogen and oxygen atoms in total. The number of hydrogen-bond donors (Lipinski definition) is 2. The SMILES string of the molecule is O=C(N[C@@H]1CCN(c2ccc(N3C[C@H](Cn4ccnn4)OC3=O)cc2F)C1)OCCO. The first kappa shape index (κ1) is 20.8. The van der Waals surface area contributed by atoms with E-state index in [4.69, 9.17) is 14.6 Å². The first-order chi connectivity index (χ1) is 15.0. The Hall–Kier alpha value is -3.41. The van der Waals surface area contributed by atoms with E-state index in [0.29, 0.717) is 37.4 Å². The summed E-state index contributed by atoms with van der Waals surface area (Å²) in [5.41, 5.74) is 0.803. The van der Waals surface area contributed by atoms with E-state index < -0.39 is 24.1 Å². The molecular formula is C19H23FN6O5. The lowest BCUT2D eigenvalue weighted by molar-refractivity contribution is 0.117. The van der Waals surface area contributed by atoms with Crippen molar-refractivity contribution >= 4 is 23.6 Å². The first-order valence-electron chi connectivity index (χ1n) is 9.94. The normalized spacial score (nSPS) is 20.8. The second-order valence-electron chi connectivity index (χ2n) is 7.31. The summed E-state index contributed by atoms with van der Waals surface area (Å²) in [4.78, 5) is 27.1. The van der Waals surface area contributed by atoms with Gasteiger partial charge in [-0.2, -0.15) is 0 Å². The van der Waals surface area contributed by atoms with Gasteiger partial charge in [0, 0.05) is 19.3 Å². The molecule has 0 spiro atoms. The van der Waals surface area contributed by atoms with E-state index in [1.165, 1.54) is 11.0 Å². The molecule has 166 valence electrons. The highest BCUT2D eigenvalue weighted by Gasteiger charge is 2.33. The van der Waals surface area contributed by atoms with Crippen LogP contribution in [0.5, 0.6) is 0 Å². The summed E-state index contributed by atoms with van der Waals surface area (Å²) in [5, 5.41) is 19.0. The fourth-order valence-corrected chi connectivity index (χ4v) is 3.73. The van der Waals surface area contributed by atoms with Crippen LogP contribution in [0.2, 0.25) is 0 Å². The zero-order chi connectivity index (χ0) is 21.8. The molecule has 2 amide bonds. The molecule has 2 aromatic rings. The quantitative estimate of drug-likeness (QED) is 0.654. The summed E-state index contributed by atoms with van der Waals surface area (Å²) in [6, 6.07) is 4.42. The molecule has 2 aliphatic rings. The maximum atomic E-state index is 14.9. The third kappa shape index (κ3) is 4.85. The second-order valence-corrected chi connectivity index (χ2v) is 7.31. The molecule has 2 N–H and O–H groups in total. The third-order valence-corrected chi connectivity index (χ3v) is 5.16. The van der Waals surface area contributed by atoms with Gasteiger partial charge in [-0.25, -0.2) is 18.7 Å². The average Bonchev–Trinajstić information content (AvgIpc) is 3.49. The van der Waals surface area contributed by atoms with Crippen molar-refractivity contribution in [1.82, 2.24) is 20.3 Å². The molecule has 1 aromatic heterocycles. The molecule has 0 saturated carbocycles. The molecule has 31 heavy (non-hydrogen) atoms. The van der Waals surface area contributed by atoms with Gasteiger partial charge in [0.1, 0.15) is 18.5 Å². The van der Waals surface area contributed by atoms with Crippen LogP contribution in [-0.2, 0) is 16.0 Å². The van der Waals surface area contributed by atoms with E-state index in [9.17, 15) is 14.0 Å². The van der Waals surface area contributed by atoms with E-state index in [1.807, 2.05) is 4.90 Å². The monoisotopic (exact) mass is 434 g/mol. The van der Waals surface area contributed by atoms with Gasteiger partial charge in [-0.3, -0.25) is 4.90 Å². The van der Waals surface area contributed by atoms with Crippen LogP contribution < -0.4 is 15.1 Å². The molecule has 2 atom stereocenters. The first-order valence-corrected chi connectivity index (χ1v) is 9.94. The number of nitrogens with one attached hydrogen (secondary N) is 1. The third-order valence-electron chi connectivity index (χ3n) is 5.16. The lowest BCUT2D eigenvalue weighted by Crippen LogP contribution is -2.37. The van der Waals surface area contributed by atoms with Gasteiger partial charge in [0.05, 0.1) is 43.3 Å². The highest BCUT2D eigenvalue weighted by atomic mass is 19.1. The van der Waals surface area contributed by atoms with Gasteiger partial charge in [0.2, 0.25) is 0 Å². The maximum Gasteiger partial charge on any atom is 0.414 e. The van der Waals surface area contributed by atoms with E-state index in [2.05, 4.69) is 15.6 Å². The standard InChI is InChI=1S/C19H23FN6O5/c20-16-9-14(26-12-15(31-19(26)29)11-25-6-4-21-23-25)1-2-17(16)24-5-3-13(10-24)22-18(28)30-8-7-27/h1-2,4,6,9,13,15,27H,3,5,7-8,10-12H2,(H,22,28)/t13-,15+/m1/s1. The number of alkyl carbamates (subject to hydrolysis) is 1. The Morgan fingerprint density at radius 3 is 3.00 bits per heavy atom. The minimum Gasteiger partial charge on any atom is -0.447 e. The number of amides is 2. The van der Waals surface area contributed by atoms with Crippen LogP contribution in [0.15, 0.2) is 30.6 Å². The average molecular weight is 434 g/mol. The van der Waals surface area contributed by atoms with E-state index in [0.717, 1.165) is 0 Å². The Bertz CT molecular complexity index is 927. The fraction of sp³-hybridized carbons (Fsp3) is 0.474. The van der Waals surface area contributed by atoms with E-state index >= 15 is 0 Å². The number of hydrogen-bond acceptors (Lipinski definition) is 8. The highest BCUT2D eigenvalue weighted by molar-refractivity contribution is 5.90. The molecule has 1 aromatic carbocycles. The number of anilines is 2. The van der Waals surface area contributed by atoms with Crippen molar-refractivity contribution in [3.05, 3.63) is 36.4 Å². The number of rotatable bonds is 7. The summed E-state index contributed by atoms with van der Waals surface area (Å²) in [6.45, 7) is 1.32. The number of carbonyl (C=O) groups is 2. The van der Waals surface area contributed by atoms with Gasteiger partial charge in [-0.1, -0.05) is 5.21 Å². The minimum absolute atomic E-state index is 0.0724. The molecule has 2 aliphatic heterocycles. The number of halogens is 1. The summed E-state index contributed by atoms with van der Waals surface area (Å²) in [5.74, 6) is -0.464. The number of aromatic nitrogens is 3. The van der Waals surface area contributed by atoms with Crippen molar-refractivity contribution in [2.45, 2.75) is 25.1 Å². The molecule has 0 bridgehead atoms. The van der Waals surface area contributed by atoms with Crippen LogP contribution in [0.25, 0.3) is 0 Å². The molecule has 0 unspecified atom stereocenters. The summed E-state index contributed by atoms with van der Waals surface area (Å²) in [6.07, 6.45) is 2.30. The zero-order valence-electron chi connectivity index (χ0n) is 16.7. The van der Waals surface area contributed by atoms with Crippen LogP contribution >= 0.6 is 0 Å². The van der Waals surface area contributed by atoms with Crippen molar-refractivity contribution in [3.63, 3.8) is 0 Å². The molecule has 4 rings (SSSR count). The smallest absolute Gasteiger partial charge is 0.414 e. The van der Waals surface area contributed by atoms with Crippen molar-refractivity contribution in [2.75, 3.05) is 42.6 Å².